The van der Waals surface area contributed by atoms with Gasteiger partial charge in [-0.3, -0.25) is 4.90 Å². The molecule has 0 aliphatic carbocycles. The number of aliphatic hydroxyl groups excluding tert-OH is 1. The quantitative estimate of drug-likeness (QED) is 0.396. The third-order valence-electron chi connectivity index (χ3n) is 5.44. The van der Waals surface area contributed by atoms with Gasteiger partial charge in [0.1, 0.15) is 5.69 Å². The summed E-state index contributed by atoms with van der Waals surface area (Å²) in [6.45, 7) is 9.18. The Kier molecular flexibility index (Phi) is 9.48. The molecule has 0 saturated heterocycles. The van der Waals surface area contributed by atoms with Crippen LogP contribution in [0.3, 0.4) is 0 Å². The topological polar surface area (TPSA) is 62.0 Å². The van der Waals surface area contributed by atoms with Crippen molar-refractivity contribution in [2.24, 2.45) is 0 Å². The summed E-state index contributed by atoms with van der Waals surface area (Å²) in [4.78, 5) is 4.36. The van der Waals surface area contributed by atoms with E-state index in [2.05, 4.69) is 46.1 Å². The van der Waals surface area contributed by atoms with Crippen LogP contribution >= 0.6 is 0 Å². The minimum atomic E-state index is -0.551. The molecule has 0 bridgehead atoms. The highest BCUT2D eigenvalue weighted by atomic mass is 16.5. The van der Waals surface area contributed by atoms with E-state index in [1.807, 2.05) is 57.3 Å². The van der Waals surface area contributed by atoms with Gasteiger partial charge in [-0.15, -0.1) is 0 Å². The summed E-state index contributed by atoms with van der Waals surface area (Å²) in [7, 11) is 2.03. The van der Waals surface area contributed by atoms with Crippen molar-refractivity contribution >= 4 is 5.88 Å². The van der Waals surface area contributed by atoms with Crippen LogP contribution in [0.4, 0.5) is 5.88 Å². The number of anilines is 1. The molecule has 178 valence electrons. The van der Waals surface area contributed by atoms with Gasteiger partial charge in [0.25, 0.3) is 0 Å². The smallest absolute Gasteiger partial charge is 0.232 e. The van der Waals surface area contributed by atoms with Crippen molar-refractivity contribution in [3.63, 3.8) is 0 Å². The van der Waals surface area contributed by atoms with Gasteiger partial charge in [0.2, 0.25) is 5.88 Å². The molecule has 0 saturated carbocycles. The van der Waals surface area contributed by atoms with Crippen LogP contribution < -0.4 is 4.90 Å². The fraction of sp³-hybridized carbons (Fsp3) is 0.444. The lowest BCUT2D eigenvalue weighted by Gasteiger charge is -2.26. The predicted octanol–water partition coefficient (Wildman–Crippen LogP) is 4.98. The van der Waals surface area contributed by atoms with E-state index < -0.39 is 6.10 Å². The fourth-order valence-corrected chi connectivity index (χ4v) is 3.92. The molecule has 33 heavy (non-hydrogen) atoms. The van der Waals surface area contributed by atoms with E-state index in [1.54, 1.807) is 0 Å². The molecule has 1 unspecified atom stereocenters. The van der Waals surface area contributed by atoms with Crippen LogP contribution in [0, 0.1) is 0 Å². The maximum atomic E-state index is 10.6. The summed E-state index contributed by atoms with van der Waals surface area (Å²) in [5.41, 5.74) is 4.11. The molecule has 6 heteroatoms. The van der Waals surface area contributed by atoms with Crippen molar-refractivity contribution in [1.82, 2.24) is 10.1 Å². The number of nitrogens with zero attached hydrogens (tertiary/aromatic N) is 3. The zero-order chi connectivity index (χ0) is 23.6. The SMILES string of the molecule is CCCN(Cc1c(-c2ccccc2)noc1N(C)Cc1ccccc1)CC(O)COC(C)C. The van der Waals surface area contributed by atoms with E-state index in [1.165, 1.54) is 5.56 Å². The van der Waals surface area contributed by atoms with Crippen LogP contribution in [-0.2, 0) is 17.8 Å². The predicted molar refractivity (Wildman–Crippen MR) is 133 cm³/mol. The Morgan fingerprint density at radius 2 is 1.67 bits per heavy atom. The Bertz CT molecular complexity index is 944. The van der Waals surface area contributed by atoms with E-state index >= 15 is 0 Å². The molecule has 2 aromatic carbocycles. The molecule has 0 aliphatic rings. The lowest BCUT2D eigenvalue weighted by Crippen LogP contribution is -2.36. The highest BCUT2D eigenvalue weighted by Crippen LogP contribution is 2.32. The van der Waals surface area contributed by atoms with Crippen LogP contribution in [0.15, 0.2) is 65.2 Å². The van der Waals surface area contributed by atoms with Crippen molar-refractivity contribution in [2.75, 3.05) is 31.6 Å². The number of aromatic nitrogens is 1. The van der Waals surface area contributed by atoms with Gasteiger partial charge in [-0.1, -0.05) is 72.7 Å². The van der Waals surface area contributed by atoms with E-state index in [9.17, 15) is 5.11 Å². The third kappa shape index (κ3) is 7.42. The molecule has 3 aromatic rings. The number of hydrogen-bond acceptors (Lipinski definition) is 6. The minimum Gasteiger partial charge on any atom is -0.389 e. The molecule has 0 amide bonds. The van der Waals surface area contributed by atoms with Gasteiger partial charge in [-0.25, -0.2) is 0 Å². The lowest BCUT2D eigenvalue weighted by atomic mass is 10.1. The van der Waals surface area contributed by atoms with Crippen LogP contribution in [0.25, 0.3) is 11.3 Å². The Morgan fingerprint density at radius 1 is 1.00 bits per heavy atom. The van der Waals surface area contributed by atoms with Gasteiger partial charge in [-0.2, -0.15) is 0 Å². The first-order valence-corrected chi connectivity index (χ1v) is 11.8. The van der Waals surface area contributed by atoms with Gasteiger partial charge in [0, 0.05) is 32.2 Å². The first-order valence-electron chi connectivity index (χ1n) is 11.8. The van der Waals surface area contributed by atoms with E-state index in [-0.39, 0.29) is 6.10 Å². The Balaban J connectivity index is 1.86. The number of hydrogen-bond donors (Lipinski definition) is 1. The monoisotopic (exact) mass is 451 g/mol. The second-order valence-electron chi connectivity index (χ2n) is 8.79. The average Bonchev–Trinajstić information content (AvgIpc) is 3.22. The number of benzene rings is 2. The van der Waals surface area contributed by atoms with E-state index in [0.717, 1.165) is 42.2 Å². The summed E-state index contributed by atoms with van der Waals surface area (Å²) in [6.07, 6.45) is 0.531. The lowest BCUT2D eigenvalue weighted by molar-refractivity contribution is -0.00947. The van der Waals surface area contributed by atoms with Crippen molar-refractivity contribution in [2.45, 2.75) is 52.5 Å². The van der Waals surface area contributed by atoms with Crippen LogP contribution in [0.1, 0.15) is 38.3 Å². The van der Waals surface area contributed by atoms with Crippen LogP contribution in [0.2, 0.25) is 0 Å². The van der Waals surface area contributed by atoms with Crippen molar-refractivity contribution in [3.05, 3.63) is 71.8 Å². The van der Waals surface area contributed by atoms with Gasteiger partial charge in [0.15, 0.2) is 0 Å². The van der Waals surface area contributed by atoms with E-state index in [0.29, 0.717) is 19.7 Å². The average molecular weight is 452 g/mol. The number of rotatable bonds is 13. The third-order valence-corrected chi connectivity index (χ3v) is 5.44. The molecule has 0 fully saturated rings. The first kappa shape index (κ1) is 25.0. The molecule has 0 aliphatic heterocycles. The summed E-state index contributed by atoms with van der Waals surface area (Å²) < 4.78 is 11.5. The molecule has 1 heterocycles. The summed E-state index contributed by atoms with van der Waals surface area (Å²) in [5.74, 6) is 0.756. The maximum Gasteiger partial charge on any atom is 0.232 e. The normalized spacial score (nSPS) is 12.5. The minimum absolute atomic E-state index is 0.0975. The molecule has 3 rings (SSSR count). The van der Waals surface area contributed by atoms with Crippen molar-refractivity contribution < 1.29 is 14.4 Å². The Morgan fingerprint density at radius 3 is 2.30 bits per heavy atom. The van der Waals surface area contributed by atoms with Gasteiger partial charge >= 0.3 is 0 Å². The second kappa shape index (κ2) is 12.5. The molecule has 0 radical (unpaired) electrons. The Labute approximate surface area is 197 Å². The van der Waals surface area contributed by atoms with Gasteiger partial charge < -0.3 is 19.3 Å². The molecule has 1 N–H and O–H groups in total. The summed E-state index contributed by atoms with van der Waals surface area (Å²) in [5, 5.41) is 15.0. The Hall–Kier alpha value is -2.67. The molecule has 1 atom stereocenters. The summed E-state index contributed by atoms with van der Waals surface area (Å²) in [6, 6.07) is 20.5. The largest absolute Gasteiger partial charge is 0.389 e. The molecule has 6 nitrogen and oxygen atoms in total. The van der Waals surface area contributed by atoms with Crippen molar-refractivity contribution in [3.8, 4) is 11.3 Å². The van der Waals surface area contributed by atoms with Crippen LogP contribution in [-0.4, -0.2) is 54.1 Å². The molecule has 0 spiro atoms. The molecular weight excluding hydrogens is 414 g/mol. The first-order chi connectivity index (χ1) is 16.0. The van der Waals surface area contributed by atoms with Crippen LogP contribution in [0.5, 0.6) is 0 Å². The maximum absolute atomic E-state index is 10.6. The fourth-order valence-electron chi connectivity index (χ4n) is 3.92. The summed E-state index contributed by atoms with van der Waals surface area (Å²) >= 11 is 0. The van der Waals surface area contributed by atoms with Crippen molar-refractivity contribution in [1.29, 1.82) is 0 Å². The van der Waals surface area contributed by atoms with E-state index in [4.69, 9.17) is 9.26 Å². The highest BCUT2D eigenvalue weighted by molar-refractivity contribution is 5.68. The standard InChI is InChI=1S/C27H37N3O3/c1-5-16-30(18-24(31)20-32-21(2)3)19-25-26(23-14-10-7-11-15-23)28-33-27(25)29(4)17-22-12-8-6-9-13-22/h6-15,21,24,31H,5,16-20H2,1-4H3. The number of aliphatic hydroxyl groups is 1. The zero-order valence-electron chi connectivity index (χ0n) is 20.3. The van der Waals surface area contributed by atoms with Gasteiger partial charge in [-0.05, 0) is 32.4 Å². The second-order valence-corrected chi connectivity index (χ2v) is 8.79. The highest BCUT2D eigenvalue weighted by Gasteiger charge is 2.24. The zero-order valence-corrected chi connectivity index (χ0v) is 20.3. The number of ether oxygens (including phenoxy) is 1. The molecular formula is C27H37N3O3. The molecule has 1 aromatic heterocycles. The van der Waals surface area contributed by atoms with Gasteiger partial charge in [0.05, 0.1) is 24.4 Å².